The first kappa shape index (κ1) is 13.7. The van der Waals surface area contributed by atoms with Gasteiger partial charge in [0, 0.05) is 24.3 Å². The summed E-state index contributed by atoms with van der Waals surface area (Å²) in [4.78, 5) is 2.46. The number of nitrogens with zero attached hydrogens (tertiary/aromatic N) is 2. The molecule has 0 atom stereocenters. The van der Waals surface area contributed by atoms with Gasteiger partial charge in [0.15, 0.2) is 5.84 Å². The van der Waals surface area contributed by atoms with Crippen LogP contribution in [0.4, 0.5) is 5.69 Å². The molecular formula is C15H23N3O. The third-order valence-corrected chi connectivity index (χ3v) is 3.80. The van der Waals surface area contributed by atoms with Gasteiger partial charge in [-0.2, -0.15) is 0 Å². The van der Waals surface area contributed by atoms with Crippen molar-refractivity contribution in [3.05, 3.63) is 29.3 Å². The molecule has 2 rings (SSSR count). The van der Waals surface area contributed by atoms with Crippen LogP contribution in [0, 0.1) is 6.92 Å². The van der Waals surface area contributed by atoms with Crippen molar-refractivity contribution < 1.29 is 5.21 Å². The van der Waals surface area contributed by atoms with E-state index in [1.807, 2.05) is 12.1 Å². The average molecular weight is 261 g/mol. The largest absolute Gasteiger partial charge is 0.409 e. The fraction of sp³-hybridized carbons (Fsp3) is 0.533. The Bertz CT molecular complexity index is 449. The first-order valence-electron chi connectivity index (χ1n) is 7.06. The van der Waals surface area contributed by atoms with Crippen LogP contribution in [-0.4, -0.2) is 24.1 Å². The molecule has 0 spiro atoms. The summed E-state index contributed by atoms with van der Waals surface area (Å²) in [5.74, 6) is 0.169. The van der Waals surface area contributed by atoms with E-state index in [4.69, 9.17) is 10.9 Å². The number of hydrogen-bond donors (Lipinski definition) is 2. The van der Waals surface area contributed by atoms with E-state index < -0.39 is 0 Å². The topological polar surface area (TPSA) is 61.9 Å². The molecule has 3 N–H and O–H groups in total. The van der Waals surface area contributed by atoms with Gasteiger partial charge in [0.05, 0.1) is 0 Å². The molecule has 1 aliphatic rings. The van der Waals surface area contributed by atoms with Crippen molar-refractivity contribution in [1.29, 1.82) is 0 Å². The second-order valence-corrected chi connectivity index (χ2v) is 5.24. The third kappa shape index (κ3) is 3.40. The van der Waals surface area contributed by atoms with Gasteiger partial charge < -0.3 is 15.8 Å². The molecule has 0 amide bonds. The molecule has 104 valence electrons. The molecule has 1 aromatic carbocycles. The SMILES string of the molecule is Cc1cc(/C(N)=N/O)ccc1N1CCCCCCC1. The zero-order chi connectivity index (χ0) is 13.7. The van der Waals surface area contributed by atoms with Crippen LogP contribution >= 0.6 is 0 Å². The maximum absolute atomic E-state index is 8.72. The van der Waals surface area contributed by atoms with Crippen molar-refractivity contribution in [2.75, 3.05) is 18.0 Å². The molecule has 0 aromatic heterocycles. The Balaban J connectivity index is 2.19. The zero-order valence-corrected chi connectivity index (χ0v) is 11.6. The fourth-order valence-corrected chi connectivity index (χ4v) is 2.72. The third-order valence-electron chi connectivity index (χ3n) is 3.80. The Morgan fingerprint density at radius 3 is 2.37 bits per heavy atom. The molecule has 4 heteroatoms. The molecule has 0 radical (unpaired) electrons. The maximum atomic E-state index is 8.72. The minimum Gasteiger partial charge on any atom is -0.409 e. The number of benzene rings is 1. The lowest BCUT2D eigenvalue weighted by atomic mass is 10.0. The molecule has 1 fully saturated rings. The standard InChI is InChI=1S/C15H23N3O/c1-12-11-13(15(16)17-19)7-8-14(12)18-9-5-3-2-4-6-10-18/h7-8,11,19H,2-6,9-10H2,1H3,(H2,16,17). The predicted octanol–water partition coefficient (Wildman–Crippen LogP) is 2.86. The zero-order valence-electron chi connectivity index (χ0n) is 11.6. The van der Waals surface area contributed by atoms with E-state index in [9.17, 15) is 0 Å². The van der Waals surface area contributed by atoms with E-state index in [0.717, 1.165) is 18.7 Å². The van der Waals surface area contributed by atoms with Crippen molar-refractivity contribution in [2.45, 2.75) is 39.0 Å². The van der Waals surface area contributed by atoms with E-state index >= 15 is 0 Å². The molecule has 0 unspecified atom stereocenters. The highest BCUT2D eigenvalue weighted by atomic mass is 16.4. The van der Waals surface area contributed by atoms with Gasteiger partial charge in [-0.25, -0.2) is 0 Å². The van der Waals surface area contributed by atoms with E-state index in [1.54, 1.807) is 0 Å². The second-order valence-electron chi connectivity index (χ2n) is 5.24. The molecule has 19 heavy (non-hydrogen) atoms. The summed E-state index contributed by atoms with van der Waals surface area (Å²) in [5, 5.41) is 11.8. The molecule has 1 aromatic rings. The lowest BCUT2D eigenvalue weighted by Gasteiger charge is -2.28. The number of anilines is 1. The summed E-state index contributed by atoms with van der Waals surface area (Å²) >= 11 is 0. The van der Waals surface area contributed by atoms with Gasteiger partial charge in [0.1, 0.15) is 0 Å². The Hall–Kier alpha value is -1.71. The summed E-state index contributed by atoms with van der Waals surface area (Å²) in [6.45, 7) is 4.34. The first-order valence-corrected chi connectivity index (χ1v) is 7.06. The van der Waals surface area contributed by atoms with E-state index in [1.165, 1.54) is 43.4 Å². The summed E-state index contributed by atoms with van der Waals surface area (Å²) in [5.41, 5.74) is 8.86. The van der Waals surface area contributed by atoms with E-state index in [-0.39, 0.29) is 5.84 Å². The Kier molecular flexibility index (Phi) is 4.66. The van der Waals surface area contributed by atoms with Crippen LogP contribution in [0.25, 0.3) is 0 Å². The van der Waals surface area contributed by atoms with Gasteiger partial charge in [-0.1, -0.05) is 24.4 Å². The summed E-state index contributed by atoms with van der Waals surface area (Å²) in [6.07, 6.45) is 6.56. The van der Waals surface area contributed by atoms with Crippen LogP contribution in [-0.2, 0) is 0 Å². The van der Waals surface area contributed by atoms with Gasteiger partial charge in [-0.15, -0.1) is 0 Å². The van der Waals surface area contributed by atoms with Crippen molar-refractivity contribution in [2.24, 2.45) is 10.9 Å². The molecule has 1 saturated heterocycles. The summed E-state index contributed by atoms with van der Waals surface area (Å²) in [7, 11) is 0. The molecule has 0 aliphatic carbocycles. The van der Waals surface area contributed by atoms with Gasteiger partial charge >= 0.3 is 0 Å². The lowest BCUT2D eigenvalue weighted by molar-refractivity contribution is 0.318. The molecule has 4 nitrogen and oxygen atoms in total. The molecular weight excluding hydrogens is 238 g/mol. The smallest absolute Gasteiger partial charge is 0.170 e. The Morgan fingerprint density at radius 2 is 1.79 bits per heavy atom. The number of oxime groups is 1. The maximum Gasteiger partial charge on any atom is 0.170 e. The van der Waals surface area contributed by atoms with Crippen molar-refractivity contribution in [3.8, 4) is 0 Å². The number of hydrogen-bond acceptors (Lipinski definition) is 3. The average Bonchev–Trinajstić information content (AvgIpc) is 2.38. The number of amidine groups is 1. The van der Waals surface area contributed by atoms with E-state index in [0.29, 0.717) is 0 Å². The highest BCUT2D eigenvalue weighted by Gasteiger charge is 2.12. The predicted molar refractivity (Wildman–Crippen MR) is 79.0 cm³/mol. The normalized spacial score (nSPS) is 17.9. The van der Waals surface area contributed by atoms with Crippen LogP contribution in [0.15, 0.2) is 23.4 Å². The Morgan fingerprint density at radius 1 is 1.16 bits per heavy atom. The minimum atomic E-state index is 0.169. The van der Waals surface area contributed by atoms with Crippen LogP contribution in [0.3, 0.4) is 0 Å². The number of nitrogens with two attached hydrogens (primary N) is 1. The fourth-order valence-electron chi connectivity index (χ4n) is 2.72. The van der Waals surface area contributed by atoms with Crippen molar-refractivity contribution in [1.82, 2.24) is 0 Å². The minimum absolute atomic E-state index is 0.169. The van der Waals surface area contributed by atoms with Gasteiger partial charge in [0.25, 0.3) is 0 Å². The number of rotatable bonds is 2. The van der Waals surface area contributed by atoms with Gasteiger partial charge in [-0.3, -0.25) is 0 Å². The summed E-state index contributed by atoms with van der Waals surface area (Å²) < 4.78 is 0. The van der Waals surface area contributed by atoms with Crippen molar-refractivity contribution in [3.63, 3.8) is 0 Å². The van der Waals surface area contributed by atoms with Gasteiger partial charge in [-0.05, 0) is 43.5 Å². The second kappa shape index (κ2) is 6.45. The monoisotopic (exact) mass is 261 g/mol. The molecule has 0 bridgehead atoms. The highest BCUT2D eigenvalue weighted by Crippen LogP contribution is 2.24. The quantitative estimate of drug-likeness (QED) is 0.372. The Labute approximate surface area is 114 Å². The van der Waals surface area contributed by atoms with Crippen LogP contribution in [0.2, 0.25) is 0 Å². The molecule has 0 saturated carbocycles. The van der Waals surface area contributed by atoms with E-state index in [2.05, 4.69) is 23.0 Å². The van der Waals surface area contributed by atoms with Crippen LogP contribution in [0.1, 0.15) is 43.2 Å². The molecule has 1 heterocycles. The van der Waals surface area contributed by atoms with Crippen molar-refractivity contribution >= 4 is 11.5 Å². The van der Waals surface area contributed by atoms with Crippen LogP contribution < -0.4 is 10.6 Å². The summed E-state index contributed by atoms with van der Waals surface area (Å²) in [6, 6.07) is 6.00. The van der Waals surface area contributed by atoms with Crippen LogP contribution in [0.5, 0.6) is 0 Å². The van der Waals surface area contributed by atoms with Gasteiger partial charge in [0.2, 0.25) is 0 Å². The lowest BCUT2D eigenvalue weighted by Crippen LogP contribution is -2.27. The highest BCUT2D eigenvalue weighted by molar-refractivity contribution is 5.97. The molecule has 1 aliphatic heterocycles. The first-order chi connectivity index (χ1) is 9.22. The number of aryl methyl sites for hydroxylation is 1.